The lowest BCUT2D eigenvalue weighted by Crippen LogP contribution is -2.24. The number of nitro groups is 1. The Morgan fingerprint density at radius 1 is 1.13 bits per heavy atom. The van der Waals surface area contributed by atoms with E-state index in [2.05, 4.69) is 6.92 Å². The van der Waals surface area contributed by atoms with E-state index in [4.69, 9.17) is 0 Å². The van der Waals surface area contributed by atoms with Gasteiger partial charge in [-0.1, -0.05) is 56.5 Å². The Labute approximate surface area is 135 Å². The van der Waals surface area contributed by atoms with Crippen molar-refractivity contribution in [1.82, 2.24) is 4.57 Å². The smallest absolute Gasteiger partial charge is 0.309 e. The first-order valence-electron chi connectivity index (χ1n) is 8.00. The molecule has 0 amide bonds. The Balaban J connectivity index is 2.48. The third-order valence-electron chi connectivity index (χ3n) is 4.03. The number of hydrogen-bond acceptors (Lipinski definition) is 3. The van der Waals surface area contributed by atoms with Crippen LogP contribution >= 0.6 is 0 Å². The lowest BCUT2D eigenvalue weighted by molar-refractivity contribution is -0.387. The third kappa shape index (κ3) is 3.86. The predicted octanol–water partition coefficient (Wildman–Crippen LogP) is 4.31. The van der Waals surface area contributed by atoms with Crippen molar-refractivity contribution in [2.45, 2.75) is 46.1 Å². The molecule has 0 aliphatic rings. The first kappa shape index (κ1) is 16.9. The van der Waals surface area contributed by atoms with Gasteiger partial charge >= 0.3 is 11.2 Å². The van der Waals surface area contributed by atoms with Crippen molar-refractivity contribution in [3.8, 4) is 11.1 Å². The molecule has 0 aliphatic heterocycles. The van der Waals surface area contributed by atoms with Crippen LogP contribution in [0.2, 0.25) is 0 Å². The van der Waals surface area contributed by atoms with E-state index in [1.54, 1.807) is 13.1 Å². The van der Waals surface area contributed by atoms with Gasteiger partial charge in [-0.2, -0.15) is 0 Å². The summed E-state index contributed by atoms with van der Waals surface area (Å²) in [7, 11) is 0. The Kier molecular flexibility index (Phi) is 5.68. The maximum atomic E-state index is 12.4. The average Bonchev–Trinajstić information content (AvgIpc) is 2.54. The molecule has 122 valence electrons. The Morgan fingerprint density at radius 3 is 2.43 bits per heavy atom. The topological polar surface area (TPSA) is 65.1 Å². The Hall–Kier alpha value is -2.43. The van der Waals surface area contributed by atoms with Crippen LogP contribution in [-0.4, -0.2) is 9.49 Å². The van der Waals surface area contributed by atoms with Gasteiger partial charge in [0.05, 0.1) is 4.92 Å². The minimum absolute atomic E-state index is 0.318. The largest absolute Gasteiger partial charge is 0.337 e. The second kappa shape index (κ2) is 7.72. The lowest BCUT2D eigenvalue weighted by atomic mass is 10.0. The number of aromatic nitrogens is 1. The predicted molar refractivity (Wildman–Crippen MR) is 91.7 cm³/mol. The fraction of sp³-hybridized carbons (Fsp3) is 0.389. The average molecular weight is 314 g/mol. The first-order valence-corrected chi connectivity index (χ1v) is 8.00. The maximum absolute atomic E-state index is 12.4. The molecule has 0 saturated carbocycles. The molecule has 1 aromatic carbocycles. The molecule has 0 N–H and O–H groups in total. The zero-order valence-electron chi connectivity index (χ0n) is 13.6. The molecule has 0 unspecified atom stereocenters. The number of benzene rings is 1. The maximum Gasteiger partial charge on any atom is 0.337 e. The summed E-state index contributed by atoms with van der Waals surface area (Å²) in [5.74, 6) is 0. The lowest BCUT2D eigenvalue weighted by Gasteiger charge is -2.12. The number of hydrogen-bond donors (Lipinski definition) is 0. The number of unbranched alkanes of at least 4 members (excludes halogenated alkanes) is 3. The van der Waals surface area contributed by atoms with Crippen molar-refractivity contribution in [2.24, 2.45) is 0 Å². The van der Waals surface area contributed by atoms with Crippen LogP contribution in [-0.2, 0) is 6.54 Å². The monoisotopic (exact) mass is 314 g/mol. The highest BCUT2D eigenvalue weighted by Crippen LogP contribution is 2.27. The summed E-state index contributed by atoms with van der Waals surface area (Å²) in [5.41, 5.74) is 1.23. The van der Waals surface area contributed by atoms with Crippen LogP contribution in [0.15, 0.2) is 41.3 Å². The van der Waals surface area contributed by atoms with Crippen LogP contribution < -0.4 is 5.56 Å². The standard InChI is InChI=1S/C18H22N2O3/c1-3-4-5-9-12-19-13-16(15-10-7-6-8-11-15)14(2)17(18(19)21)20(22)23/h6-8,10-11,13H,3-5,9,12H2,1-2H3. The molecule has 0 saturated heterocycles. The van der Waals surface area contributed by atoms with E-state index in [9.17, 15) is 14.9 Å². The van der Waals surface area contributed by atoms with E-state index < -0.39 is 10.5 Å². The van der Waals surface area contributed by atoms with Crippen LogP contribution in [0, 0.1) is 17.0 Å². The minimum Gasteiger partial charge on any atom is -0.309 e. The molecule has 0 radical (unpaired) electrons. The van der Waals surface area contributed by atoms with E-state index in [1.807, 2.05) is 30.3 Å². The van der Waals surface area contributed by atoms with E-state index >= 15 is 0 Å². The molecule has 0 spiro atoms. The summed E-state index contributed by atoms with van der Waals surface area (Å²) < 4.78 is 1.49. The molecule has 0 atom stereocenters. The van der Waals surface area contributed by atoms with Crippen LogP contribution in [0.4, 0.5) is 5.69 Å². The quantitative estimate of drug-likeness (QED) is 0.434. The summed E-state index contributed by atoms with van der Waals surface area (Å²) in [6, 6.07) is 9.47. The molecule has 0 fully saturated rings. The molecule has 1 heterocycles. The first-order chi connectivity index (χ1) is 11.1. The fourth-order valence-corrected chi connectivity index (χ4v) is 2.73. The molecule has 0 bridgehead atoms. The summed E-state index contributed by atoms with van der Waals surface area (Å²) in [5, 5.41) is 11.3. The molecule has 1 aromatic heterocycles. The number of aryl methyl sites for hydroxylation is 1. The second-order valence-corrected chi connectivity index (χ2v) is 5.70. The fourth-order valence-electron chi connectivity index (χ4n) is 2.73. The van der Waals surface area contributed by atoms with Crippen molar-refractivity contribution in [1.29, 1.82) is 0 Å². The number of pyridine rings is 1. The molecule has 0 aliphatic carbocycles. The van der Waals surface area contributed by atoms with Gasteiger partial charge in [0.15, 0.2) is 0 Å². The number of rotatable bonds is 7. The van der Waals surface area contributed by atoms with Gasteiger partial charge in [0.1, 0.15) is 0 Å². The Bertz CT molecular complexity index is 736. The summed E-state index contributed by atoms with van der Waals surface area (Å²) in [4.78, 5) is 23.2. The summed E-state index contributed by atoms with van der Waals surface area (Å²) in [6.45, 7) is 4.28. The van der Waals surface area contributed by atoms with Crippen LogP contribution in [0.5, 0.6) is 0 Å². The van der Waals surface area contributed by atoms with E-state index in [0.29, 0.717) is 12.1 Å². The van der Waals surface area contributed by atoms with E-state index in [0.717, 1.165) is 36.8 Å². The van der Waals surface area contributed by atoms with Crippen molar-refractivity contribution in [3.05, 3.63) is 62.6 Å². The highest BCUT2D eigenvalue weighted by atomic mass is 16.6. The van der Waals surface area contributed by atoms with E-state index in [-0.39, 0.29) is 5.69 Å². The van der Waals surface area contributed by atoms with Crippen LogP contribution in [0.3, 0.4) is 0 Å². The van der Waals surface area contributed by atoms with Gasteiger partial charge in [-0.05, 0) is 18.9 Å². The van der Waals surface area contributed by atoms with Crippen LogP contribution in [0.25, 0.3) is 11.1 Å². The van der Waals surface area contributed by atoms with Crippen molar-refractivity contribution in [3.63, 3.8) is 0 Å². The van der Waals surface area contributed by atoms with Crippen molar-refractivity contribution < 1.29 is 4.92 Å². The molecular formula is C18H22N2O3. The minimum atomic E-state index is -0.563. The number of nitrogens with zero attached hydrogens (tertiary/aromatic N) is 2. The van der Waals surface area contributed by atoms with Gasteiger partial charge in [-0.3, -0.25) is 14.9 Å². The normalized spacial score (nSPS) is 10.7. The molecule has 23 heavy (non-hydrogen) atoms. The molecule has 2 rings (SSSR count). The van der Waals surface area contributed by atoms with Gasteiger partial charge in [0, 0.05) is 23.9 Å². The zero-order chi connectivity index (χ0) is 16.8. The molecule has 5 nitrogen and oxygen atoms in total. The molecular weight excluding hydrogens is 292 g/mol. The second-order valence-electron chi connectivity index (χ2n) is 5.70. The van der Waals surface area contributed by atoms with Crippen molar-refractivity contribution in [2.75, 3.05) is 0 Å². The molecule has 5 heteroatoms. The van der Waals surface area contributed by atoms with E-state index in [1.165, 1.54) is 4.57 Å². The third-order valence-corrected chi connectivity index (χ3v) is 4.03. The highest BCUT2D eigenvalue weighted by Gasteiger charge is 2.22. The van der Waals surface area contributed by atoms with Gasteiger partial charge in [0.2, 0.25) is 0 Å². The Morgan fingerprint density at radius 2 is 1.83 bits per heavy atom. The highest BCUT2D eigenvalue weighted by molar-refractivity contribution is 5.69. The summed E-state index contributed by atoms with van der Waals surface area (Å²) in [6.07, 6.45) is 5.84. The zero-order valence-corrected chi connectivity index (χ0v) is 13.6. The van der Waals surface area contributed by atoms with Gasteiger partial charge in [-0.25, -0.2) is 0 Å². The summed E-state index contributed by atoms with van der Waals surface area (Å²) >= 11 is 0. The van der Waals surface area contributed by atoms with Crippen molar-refractivity contribution >= 4 is 5.69 Å². The van der Waals surface area contributed by atoms with Gasteiger partial charge in [0.25, 0.3) is 0 Å². The molecule has 2 aromatic rings. The van der Waals surface area contributed by atoms with Crippen LogP contribution in [0.1, 0.15) is 38.2 Å². The van der Waals surface area contributed by atoms with Gasteiger partial charge in [-0.15, -0.1) is 0 Å². The van der Waals surface area contributed by atoms with Gasteiger partial charge < -0.3 is 4.57 Å². The SMILES string of the molecule is CCCCCCn1cc(-c2ccccc2)c(C)c([N+](=O)[O-])c1=O.